The van der Waals surface area contributed by atoms with Crippen LogP contribution in [0.4, 0.5) is 5.69 Å². The number of benzene rings is 6. The maximum Gasteiger partial charge on any atom is 0.134 e. The molecule has 57 heavy (non-hydrogen) atoms. The van der Waals surface area contributed by atoms with Crippen LogP contribution in [-0.4, -0.2) is 6.72 Å². The lowest BCUT2D eigenvalue weighted by Gasteiger charge is -2.17. The number of nitrogens with zero attached hydrogens (tertiary/aromatic N) is 1. The Balaban J connectivity index is 1.13. The van der Waals surface area contributed by atoms with E-state index in [9.17, 15) is 0 Å². The fourth-order valence-corrected chi connectivity index (χ4v) is 9.46. The molecule has 0 bridgehead atoms. The predicted octanol–water partition coefficient (Wildman–Crippen LogP) is 16.0. The van der Waals surface area contributed by atoms with E-state index >= 15 is 0 Å². The summed E-state index contributed by atoms with van der Waals surface area (Å²) in [6.45, 7) is 14.8. The van der Waals surface area contributed by atoms with Crippen LogP contribution in [0.2, 0.25) is 0 Å². The van der Waals surface area contributed by atoms with Gasteiger partial charge in [-0.25, -0.2) is 0 Å². The standard InChI is InChI=1S/C54H49NOS/c1-6-13-43-32-44-27-26-41(33-49(44)46(43)14-7-2)37-18-22-39(23-19-37)47-29-30-48(54(53(47)55-5)57-35-36-16-11-10-12-17-36)40-24-20-38(21-25-40)42-28-31-52-50(34-42)45(9-4)51(56-52)15-8-3/h7,9-12,14,16-31,33-34H,4-6,8,13,15,32,35H2,1-3H3/b14-7-. The van der Waals surface area contributed by atoms with E-state index in [1.165, 1.54) is 39.8 Å². The first-order chi connectivity index (χ1) is 28.0. The number of rotatable bonds is 14. The second-order valence-corrected chi connectivity index (χ2v) is 15.8. The number of hydrogen-bond donors (Lipinski definition) is 0. The SMILES string of the molecule is C=Cc1c(CCC)oc2ccc(-c3ccc(-c4ccc(-c5ccc(-c6ccc7c(c6)C(/C=C\C)=C(CCC)C7)cc5)c(N=C)c4SCc4ccccc4)cc3)cc12. The number of furan rings is 1. The number of aryl methyl sites for hydroxylation is 1. The van der Waals surface area contributed by atoms with Gasteiger partial charge in [0.15, 0.2) is 0 Å². The Hall–Kier alpha value is -5.90. The summed E-state index contributed by atoms with van der Waals surface area (Å²) in [7, 11) is 0. The van der Waals surface area contributed by atoms with Crippen molar-refractivity contribution in [1.82, 2.24) is 0 Å². The molecule has 0 aliphatic heterocycles. The Kier molecular flexibility index (Phi) is 11.4. The van der Waals surface area contributed by atoms with Crippen molar-refractivity contribution in [3.8, 4) is 44.5 Å². The van der Waals surface area contributed by atoms with Gasteiger partial charge in [-0.05, 0) is 112 Å². The van der Waals surface area contributed by atoms with E-state index < -0.39 is 0 Å². The minimum atomic E-state index is 0.829. The molecule has 2 nitrogen and oxygen atoms in total. The van der Waals surface area contributed by atoms with Gasteiger partial charge in [0.2, 0.25) is 0 Å². The number of allylic oxidation sites excluding steroid dienone is 4. The van der Waals surface area contributed by atoms with Gasteiger partial charge in [-0.2, -0.15) is 0 Å². The summed E-state index contributed by atoms with van der Waals surface area (Å²) >= 11 is 1.82. The molecular weight excluding hydrogens is 711 g/mol. The number of hydrogen-bond acceptors (Lipinski definition) is 3. The maximum atomic E-state index is 6.20. The zero-order valence-corrected chi connectivity index (χ0v) is 34.1. The molecule has 0 saturated heterocycles. The van der Waals surface area contributed by atoms with Crippen LogP contribution < -0.4 is 0 Å². The topological polar surface area (TPSA) is 25.5 Å². The summed E-state index contributed by atoms with van der Waals surface area (Å²) in [4.78, 5) is 5.87. The Bertz CT molecular complexity index is 2640. The van der Waals surface area contributed by atoms with Crippen LogP contribution in [0.1, 0.15) is 68.0 Å². The normalized spacial score (nSPS) is 12.5. The zero-order valence-electron chi connectivity index (χ0n) is 33.3. The van der Waals surface area contributed by atoms with Gasteiger partial charge in [0.1, 0.15) is 11.3 Å². The monoisotopic (exact) mass is 759 g/mol. The summed E-state index contributed by atoms with van der Waals surface area (Å²) in [6.07, 6.45) is 11.7. The van der Waals surface area contributed by atoms with Crippen molar-refractivity contribution >= 4 is 46.8 Å². The van der Waals surface area contributed by atoms with Crippen molar-refractivity contribution < 1.29 is 4.42 Å². The second-order valence-electron chi connectivity index (χ2n) is 14.8. The van der Waals surface area contributed by atoms with Crippen molar-refractivity contribution in [3.63, 3.8) is 0 Å². The zero-order chi connectivity index (χ0) is 39.3. The maximum absolute atomic E-state index is 6.20. The van der Waals surface area contributed by atoms with E-state index in [4.69, 9.17) is 9.41 Å². The highest BCUT2D eigenvalue weighted by Crippen LogP contribution is 2.46. The molecule has 0 atom stereocenters. The Morgan fingerprint density at radius 3 is 1.98 bits per heavy atom. The highest BCUT2D eigenvalue weighted by atomic mass is 32.2. The van der Waals surface area contributed by atoms with Gasteiger partial charge in [-0.15, -0.1) is 11.8 Å². The first-order valence-corrected chi connectivity index (χ1v) is 21.2. The van der Waals surface area contributed by atoms with Crippen LogP contribution in [0.25, 0.3) is 67.1 Å². The van der Waals surface area contributed by atoms with Gasteiger partial charge in [0, 0.05) is 33.6 Å². The van der Waals surface area contributed by atoms with Gasteiger partial charge in [0.05, 0.1) is 5.69 Å². The smallest absolute Gasteiger partial charge is 0.134 e. The van der Waals surface area contributed by atoms with Crippen LogP contribution in [0, 0.1) is 0 Å². The van der Waals surface area contributed by atoms with E-state index in [-0.39, 0.29) is 0 Å². The van der Waals surface area contributed by atoms with E-state index in [2.05, 4.69) is 174 Å². The molecule has 0 unspecified atom stereocenters. The summed E-state index contributed by atoms with van der Waals surface area (Å²) < 4.78 is 6.20. The Morgan fingerprint density at radius 2 is 1.32 bits per heavy atom. The average Bonchev–Trinajstić information content (AvgIpc) is 3.79. The third kappa shape index (κ3) is 7.65. The fourth-order valence-electron chi connectivity index (χ4n) is 8.31. The summed E-state index contributed by atoms with van der Waals surface area (Å²) in [5.74, 6) is 1.84. The van der Waals surface area contributed by atoms with Crippen LogP contribution in [-0.2, 0) is 18.6 Å². The van der Waals surface area contributed by atoms with Crippen LogP contribution in [0.3, 0.4) is 0 Å². The van der Waals surface area contributed by atoms with Gasteiger partial charge in [-0.1, -0.05) is 160 Å². The molecule has 3 heteroatoms. The highest BCUT2D eigenvalue weighted by molar-refractivity contribution is 7.98. The first-order valence-electron chi connectivity index (χ1n) is 20.2. The summed E-state index contributed by atoms with van der Waals surface area (Å²) in [5.41, 5.74) is 19.2. The average molecular weight is 760 g/mol. The third-order valence-electron chi connectivity index (χ3n) is 11.1. The largest absolute Gasteiger partial charge is 0.460 e. The van der Waals surface area contributed by atoms with Crippen molar-refractivity contribution in [2.24, 2.45) is 4.99 Å². The van der Waals surface area contributed by atoms with Gasteiger partial charge >= 0.3 is 0 Å². The Labute approximate surface area is 342 Å². The lowest BCUT2D eigenvalue weighted by Crippen LogP contribution is -1.90. The molecule has 0 amide bonds. The van der Waals surface area contributed by atoms with Crippen LogP contribution in [0.5, 0.6) is 0 Å². The van der Waals surface area contributed by atoms with Gasteiger partial charge < -0.3 is 4.42 Å². The summed E-state index contributed by atoms with van der Waals surface area (Å²) in [5, 5.41) is 1.11. The molecule has 1 aromatic heterocycles. The van der Waals surface area contributed by atoms with Crippen molar-refractivity contribution in [2.75, 3.05) is 0 Å². The van der Waals surface area contributed by atoms with E-state index in [1.54, 1.807) is 5.57 Å². The van der Waals surface area contributed by atoms with Gasteiger partial charge in [0.25, 0.3) is 0 Å². The molecule has 0 radical (unpaired) electrons. The molecule has 0 N–H and O–H groups in total. The number of aliphatic imine (C=N–C) groups is 1. The molecule has 0 fully saturated rings. The molecule has 282 valence electrons. The lowest BCUT2D eigenvalue weighted by atomic mass is 9.94. The number of fused-ring (bicyclic) bond motifs is 2. The third-order valence-corrected chi connectivity index (χ3v) is 12.3. The van der Waals surface area contributed by atoms with Crippen LogP contribution >= 0.6 is 11.8 Å². The minimum Gasteiger partial charge on any atom is -0.460 e. The highest BCUT2D eigenvalue weighted by Gasteiger charge is 2.21. The predicted molar refractivity (Wildman–Crippen MR) is 248 cm³/mol. The lowest BCUT2D eigenvalue weighted by molar-refractivity contribution is 0.543. The molecular formula is C54H49NOS. The minimum absolute atomic E-state index is 0.829. The van der Waals surface area contributed by atoms with Crippen molar-refractivity contribution in [3.05, 3.63) is 180 Å². The first kappa shape index (κ1) is 38.0. The molecule has 7 aromatic rings. The molecule has 8 rings (SSSR count). The van der Waals surface area contributed by atoms with Gasteiger partial charge in [-0.3, -0.25) is 4.99 Å². The summed E-state index contributed by atoms with van der Waals surface area (Å²) in [6, 6.07) is 46.4. The molecule has 0 saturated carbocycles. The van der Waals surface area contributed by atoms with E-state index in [0.29, 0.717) is 0 Å². The molecule has 1 heterocycles. The van der Waals surface area contributed by atoms with E-state index in [1.807, 2.05) is 17.8 Å². The second kappa shape index (κ2) is 17.1. The fraction of sp³-hybridized carbons (Fsp3) is 0.167. The molecule has 1 aliphatic rings. The molecule has 0 spiro atoms. The quantitative estimate of drug-likeness (QED) is 0.0815. The molecule has 6 aromatic carbocycles. The van der Waals surface area contributed by atoms with Crippen molar-refractivity contribution in [2.45, 2.75) is 63.5 Å². The Morgan fingerprint density at radius 1 is 0.684 bits per heavy atom. The number of thioether (sulfide) groups is 1. The van der Waals surface area contributed by atoms with Crippen molar-refractivity contribution in [1.29, 1.82) is 0 Å². The van der Waals surface area contributed by atoms with E-state index in [0.717, 1.165) is 97.7 Å². The van der Waals surface area contributed by atoms with Crippen LogP contribution in [0.15, 0.2) is 166 Å². The molecule has 1 aliphatic carbocycles.